The van der Waals surface area contributed by atoms with Gasteiger partial charge in [0.1, 0.15) is 9.96 Å². The van der Waals surface area contributed by atoms with Crippen LogP contribution >= 0.6 is 11.3 Å². The van der Waals surface area contributed by atoms with Crippen molar-refractivity contribution in [1.82, 2.24) is 4.72 Å². The van der Waals surface area contributed by atoms with Crippen molar-refractivity contribution in [2.45, 2.75) is 22.5 Å². The molecule has 0 bridgehead atoms. The van der Waals surface area contributed by atoms with E-state index in [9.17, 15) is 8.42 Å². The summed E-state index contributed by atoms with van der Waals surface area (Å²) in [6.45, 7) is 1.55. The third kappa shape index (κ3) is 3.49. The summed E-state index contributed by atoms with van der Waals surface area (Å²) < 4.78 is 39.2. The molecule has 24 heavy (non-hydrogen) atoms. The van der Waals surface area contributed by atoms with Gasteiger partial charge < -0.3 is 9.47 Å². The van der Waals surface area contributed by atoms with Crippen LogP contribution in [0.15, 0.2) is 46.0 Å². The van der Waals surface area contributed by atoms with E-state index in [0.717, 1.165) is 24.2 Å². The van der Waals surface area contributed by atoms with Gasteiger partial charge in [-0.3, -0.25) is 0 Å². The van der Waals surface area contributed by atoms with Crippen LogP contribution in [0.2, 0.25) is 0 Å². The van der Waals surface area contributed by atoms with E-state index >= 15 is 0 Å². The van der Waals surface area contributed by atoms with Gasteiger partial charge in [-0.05, 0) is 30.4 Å². The highest BCUT2D eigenvalue weighted by Gasteiger charge is 2.37. The van der Waals surface area contributed by atoms with E-state index in [-0.39, 0.29) is 5.41 Å². The van der Waals surface area contributed by atoms with Gasteiger partial charge in [-0.2, -0.15) is 0 Å². The van der Waals surface area contributed by atoms with Crippen LogP contribution in [0.25, 0.3) is 0 Å². The van der Waals surface area contributed by atoms with Crippen molar-refractivity contribution < 1.29 is 17.9 Å². The highest BCUT2D eigenvalue weighted by atomic mass is 32.2. The van der Waals surface area contributed by atoms with E-state index in [0.29, 0.717) is 24.0 Å². The van der Waals surface area contributed by atoms with Gasteiger partial charge in [0.05, 0.1) is 7.11 Å². The average molecular weight is 367 g/mol. The molecular formula is C17H21NO4S2. The number of rotatable bonds is 6. The van der Waals surface area contributed by atoms with E-state index in [1.807, 2.05) is 24.3 Å². The van der Waals surface area contributed by atoms with E-state index in [2.05, 4.69) is 4.72 Å². The second-order valence-electron chi connectivity index (χ2n) is 5.85. The summed E-state index contributed by atoms with van der Waals surface area (Å²) >= 11 is 1.22. The molecule has 0 atom stereocenters. The predicted molar refractivity (Wildman–Crippen MR) is 94.2 cm³/mol. The second kappa shape index (κ2) is 7.23. The minimum absolute atomic E-state index is 0.324. The summed E-state index contributed by atoms with van der Waals surface area (Å²) in [4.78, 5) is 0. The minimum atomic E-state index is -3.50. The number of hydrogen-bond donors (Lipinski definition) is 1. The maximum atomic E-state index is 12.5. The Kier molecular flexibility index (Phi) is 5.24. The van der Waals surface area contributed by atoms with Crippen LogP contribution < -0.4 is 9.46 Å². The number of thiophene rings is 1. The summed E-state index contributed by atoms with van der Waals surface area (Å²) in [6, 6.07) is 11.2. The zero-order valence-electron chi connectivity index (χ0n) is 13.5. The number of hydrogen-bond acceptors (Lipinski definition) is 5. The van der Waals surface area contributed by atoms with Crippen LogP contribution in [0, 0.1) is 0 Å². The molecule has 2 heterocycles. The maximum absolute atomic E-state index is 12.5. The summed E-state index contributed by atoms with van der Waals surface area (Å²) in [7, 11) is -1.85. The van der Waals surface area contributed by atoms with Crippen LogP contribution in [0.5, 0.6) is 5.75 Å². The number of sulfonamides is 1. The fraction of sp³-hybridized carbons (Fsp3) is 0.412. The lowest BCUT2D eigenvalue weighted by atomic mass is 9.74. The first-order valence-electron chi connectivity index (χ1n) is 7.82. The summed E-state index contributed by atoms with van der Waals surface area (Å²) in [5.74, 6) is 0.787. The first kappa shape index (κ1) is 17.4. The van der Waals surface area contributed by atoms with Crippen LogP contribution in [-0.2, 0) is 20.2 Å². The molecule has 1 N–H and O–H groups in total. The monoisotopic (exact) mass is 367 g/mol. The van der Waals surface area contributed by atoms with Gasteiger partial charge in [-0.25, -0.2) is 13.1 Å². The summed E-state index contributed by atoms with van der Waals surface area (Å²) in [5, 5.41) is 1.76. The number of methoxy groups -OCH3 is 1. The van der Waals surface area contributed by atoms with Crippen molar-refractivity contribution >= 4 is 21.4 Å². The summed E-state index contributed by atoms with van der Waals surface area (Å²) in [6.07, 6.45) is 1.50. The largest absolute Gasteiger partial charge is 0.496 e. The molecule has 5 nitrogen and oxygen atoms in total. The quantitative estimate of drug-likeness (QED) is 0.853. The molecule has 7 heteroatoms. The fourth-order valence-corrected chi connectivity index (χ4v) is 5.27. The van der Waals surface area contributed by atoms with Crippen molar-refractivity contribution in [3.05, 3.63) is 47.3 Å². The molecule has 1 fully saturated rings. The van der Waals surface area contributed by atoms with Gasteiger partial charge in [0.2, 0.25) is 10.0 Å². The van der Waals surface area contributed by atoms with Crippen molar-refractivity contribution in [2.75, 3.05) is 26.9 Å². The molecule has 0 unspecified atom stereocenters. The van der Waals surface area contributed by atoms with Crippen molar-refractivity contribution in [2.24, 2.45) is 0 Å². The molecule has 1 saturated heterocycles. The first-order valence-corrected chi connectivity index (χ1v) is 10.2. The SMILES string of the molecule is COc1ccccc1C1(CNS(=O)(=O)c2cccs2)CCOCC1. The molecule has 0 radical (unpaired) electrons. The molecule has 1 aliphatic heterocycles. The molecule has 0 aliphatic carbocycles. The highest BCUT2D eigenvalue weighted by molar-refractivity contribution is 7.91. The molecule has 0 saturated carbocycles. The summed E-state index contributed by atoms with van der Waals surface area (Å²) in [5.41, 5.74) is 0.708. The third-order valence-corrected chi connectivity index (χ3v) is 7.29. The first-order chi connectivity index (χ1) is 11.6. The van der Waals surface area contributed by atoms with Gasteiger partial charge in [0.25, 0.3) is 0 Å². The second-order valence-corrected chi connectivity index (χ2v) is 8.79. The molecular weight excluding hydrogens is 346 g/mol. The lowest BCUT2D eigenvalue weighted by molar-refractivity contribution is 0.0509. The van der Waals surface area contributed by atoms with Gasteiger partial charge in [0.15, 0.2) is 0 Å². The van der Waals surface area contributed by atoms with Crippen molar-refractivity contribution in [3.8, 4) is 5.75 Å². The Morgan fingerprint density at radius 1 is 1.21 bits per heavy atom. The van der Waals surface area contributed by atoms with Gasteiger partial charge in [0, 0.05) is 30.7 Å². The average Bonchev–Trinajstić information content (AvgIpc) is 3.16. The molecule has 2 aromatic rings. The van der Waals surface area contributed by atoms with Crippen LogP contribution in [0.1, 0.15) is 18.4 Å². The van der Waals surface area contributed by atoms with E-state index in [1.165, 1.54) is 11.3 Å². The lowest BCUT2D eigenvalue weighted by Gasteiger charge is -2.38. The molecule has 130 valence electrons. The number of ether oxygens (including phenoxy) is 2. The Morgan fingerprint density at radius 2 is 1.96 bits per heavy atom. The molecule has 0 spiro atoms. The Morgan fingerprint density at radius 3 is 2.62 bits per heavy atom. The number of nitrogens with one attached hydrogen (secondary N) is 1. The maximum Gasteiger partial charge on any atom is 0.250 e. The normalized spacial score (nSPS) is 17.5. The van der Waals surface area contributed by atoms with Crippen molar-refractivity contribution in [3.63, 3.8) is 0 Å². The molecule has 0 amide bonds. The standard InChI is InChI=1S/C17H21NO4S2/c1-21-15-6-3-2-5-14(15)17(8-10-22-11-9-17)13-18-24(19,20)16-7-4-12-23-16/h2-7,12,18H,8-11,13H2,1H3. The van der Waals surface area contributed by atoms with Crippen LogP contribution in [0.3, 0.4) is 0 Å². The Labute approximate surface area is 146 Å². The van der Waals surface area contributed by atoms with E-state index in [1.54, 1.807) is 24.6 Å². The molecule has 1 aromatic heterocycles. The smallest absolute Gasteiger partial charge is 0.250 e. The van der Waals surface area contributed by atoms with Gasteiger partial charge >= 0.3 is 0 Å². The van der Waals surface area contributed by atoms with E-state index in [4.69, 9.17) is 9.47 Å². The molecule has 1 aliphatic rings. The van der Waals surface area contributed by atoms with E-state index < -0.39 is 10.0 Å². The highest BCUT2D eigenvalue weighted by Crippen LogP contribution is 2.39. The lowest BCUT2D eigenvalue weighted by Crippen LogP contribution is -2.44. The topological polar surface area (TPSA) is 64.6 Å². The van der Waals surface area contributed by atoms with Crippen LogP contribution in [0.4, 0.5) is 0 Å². The minimum Gasteiger partial charge on any atom is -0.496 e. The Bertz CT molecular complexity index is 766. The predicted octanol–water partition coefficient (Wildman–Crippen LogP) is 2.78. The number of benzene rings is 1. The Hall–Kier alpha value is -1.41. The number of para-hydroxylation sites is 1. The van der Waals surface area contributed by atoms with Gasteiger partial charge in [-0.1, -0.05) is 24.3 Å². The zero-order valence-corrected chi connectivity index (χ0v) is 15.2. The zero-order chi connectivity index (χ0) is 17.0. The fourth-order valence-electron chi connectivity index (χ4n) is 3.11. The van der Waals surface area contributed by atoms with Crippen molar-refractivity contribution in [1.29, 1.82) is 0 Å². The Balaban J connectivity index is 1.90. The third-order valence-electron chi connectivity index (χ3n) is 4.49. The van der Waals surface area contributed by atoms with Gasteiger partial charge in [-0.15, -0.1) is 11.3 Å². The molecule has 1 aromatic carbocycles. The molecule has 3 rings (SSSR count). The van der Waals surface area contributed by atoms with Crippen LogP contribution in [-0.4, -0.2) is 35.3 Å².